The summed E-state index contributed by atoms with van der Waals surface area (Å²) < 4.78 is 2.16. The number of hydrogen-bond donors (Lipinski definition) is 0. The van der Waals surface area contributed by atoms with Crippen molar-refractivity contribution in [1.82, 2.24) is 24.3 Å². The number of rotatable bonds is 5. The Bertz CT molecular complexity index is 882. The monoisotopic (exact) mass is 397 g/mol. The molecule has 0 N–H and O–H groups in total. The predicted octanol–water partition coefficient (Wildman–Crippen LogP) is 3.27. The minimum atomic E-state index is -0.106. The lowest BCUT2D eigenvalue weighted by Gasteiger charge is -2.34. The second-order valence-corrected chi connectivity index (χ2v) is 8.26. The number of aromatic nitrogens is 3. The van der Waals surface area contributed by atoms with Crippen molar-refractivity contribution in [1.29, 1.82) is 0 Å². The third kappa shape index (κ3) is 3.87. The van der Waals surface area contributed by atoms with E-state index in [1.165, 1.54) is 25.7 Å². The molecule has 0 aromatic carbocycles. The minimum absolute atomic E-state index is 0.0492. The molecule has 2 aliphatic rings. The van der Waals surface area contributed by atoms with E-state index in [0.717, 1.165) is 24.0 Å². The van der Waals surface area contributed by atoms with E-state index in [-0.39, 0.29) is 17.7 Å². The molecule has 1 atom stereocenters. The Hall–Kier alpha value is -2.44. The molecule has 1 saturated carbocycles. The van der Waals surface area contributed by atoms with Crippen LogP contribution >= 0.6 is 0 Å². The molecule has 7 nitrogen and oxygen atoms in total. The second kappa shape index (κ2) is 8.51. The van der Waals surface area contributed by atoms with Gasteiger partial charge in [0.05, 0.1) is 17.8 Å². The van der Waals surface area contributed by atoms with E-state index in [0.29, 0.717) is 37.8 Å². The number of carbonyl (C=O) groups excluding carboxylic acids is 2. The van der Waals surface area contributed by atoms with Crippen molar-refractivity contribution >= 4 is 23.0 Å². The van der Waals surface area contributed by atoms with Crippen LogP contribution in [0, 0.1) is 5.92 Å². The van der Waals surface area contributed by atoms with Crippen LogP contribution in [0.2, 0.25) is 0 Å². The van der Waals surface area contributed by atoms with Crippen molar-refractivity contribution in [3.8, 4) is 0 Å². The molecule has 0 radical (unpaired) electrons. The van der Waals surface area contributed by atoms with Gasteiger partial charge in [-0.2, -0.15) is 0 Å². The van der Waals surface area contributed by atoms with Gasteiger partial charge in [0.25, 0.3) is 5.91 Å². The van der Waals surface area contributed by atoms with Crippen LogP contribution in [-0.2, 0) is 4.79 Å². The van der Waals surface area contributed by atoms with E-state index in [1.807, 2.05) is 36.0 Å². The normalized spacial score (nSPS) is 20.3. The fourth-order valence-electron chi connectivity index (χ4n) is 4.82. The number of amides is 2. The van der Waals surface area contributed by atoms with Gasteiger partial charge < -0.3 is 14.4 Å². The molecule has 3 heterocycles. The van der Waals surface area contributed by atoms with Gasteiger partial charge in [-0.05, 0) is 45.6 Å². The first-order chi connectivity index (χ1) is 14.1. The van der Waals surface area contributed by atoms with Crippen molar-refractivity contribution < 1.29 is 9.59 Å². The summed E-state index contributed by atoms with van der Waals surface area (Å²) in [5.74, 6) is 0.00844. The Morgan fingerprint density at radius 2 is 1.86 bits per heavy atom. The molecule has 2 aromatic heterocycles. The van der Waals surface area contributed by atoms with Gasteiger partial charge in [0.15, 0.2) is 5.65 Å². The van der Waals surface area contributed by atoms with Gasteiger partial charge in [0, 0.05) is 38.4 Å². The number of likely N-dealkylation sites (tertiary alicyclic amines) is 1. The van der Waals surface area contributed by atoms with Gasteiger partial charge >= 0.3 is 0 Å². The van der Waals surface area contributed by atoms with E-state index in [4.69, 9.17) is 0 Å². The molecule has 4 rings (SSSR count). The molecule has 1 aliphatic carbocycles. The van der Waals surface area contributed by atoms with Gasteiger partial charge in [-0.1, -0.05) is 12.8 Å². The van der Waals surface area contributed by atoms with Crippen molar-refractivity contribution in [2.75, 3.05) is 26.2 Å². The summed E-state index contributed by atoms with van der Waals surface area (Å²) in [6, 6.07) is 2.33. The number of pyridine rings is 1. The fraction of sp³-hybridized carbons (Fsp3) is 0.636. The molecule has 1 aliphatic heterocycles. The summed E-state index contributed by atoms with van der Waals surface area (Å²) in [6.07, 6.45) is 10.1. The van der Waals surface area contributed by atoms with Crippen LogP contribution in [0.1, 0.15) is 68.8 Å². The molecular weight excluding hydrogens is 366 g/mol. The van der Waals surface area contributed by atoms with E-state index < -0.39 is 0 Å². The smallest absolute Gasteiger partial charge is 0.255 e. The first-order valence-electron chi connectivity index (χ1n) is 11.0. The van der Waals surface area contributed by atoms with Crippen molar-refractivity contribution in [2.45, 2.75) is 58.4 Å². The quantitative estimate of drug-likeness (QED) is 0.776. The largest absolute Gasteiger partial charge is 0.343 e. The third-order valence-electron chi connectivity index (χ3n) is 6.51. The van der Waals surface area contributed by atoms with Gasteiger partial charge in [-0.25, -0.2) is 9.97 Å². The molecule has 7 heteroatoms. The van der Waals surface area contributed by atoms with E-state index in [1.54, 1.807) is 6.20 Å². The van der Waals surface area contributed by atoms with Crippen LogP contribution in [0.25, 0.3) is 11.2 Å². The van der Waals surface area contributed by atoms with Crippen LogP contribution in [0.3, 0.4) is 0 Å². The maximum absolute atomic E-state index is 13.1. The van der Waals surface area contributed by atoms with Crippen LogP contribution in [0.15, 0.2) is 18.6 Å². The van der Waals surface area contributed by atoms with E-state index in [9.17, 15) is 9.59 Å². The molecule has 1 unspecified atom stereocenters. The van der Waals surface area contributed by atoms with Crippen LogP contribution in [0.5, 0.6) is 0 Å². The van der Waals surface area contributed by atoms with Crippen LogP contribution in [-0.4, -0.2) is 62.3 Å². The molecular formula is C22H31N5O2. The lowest BCUT2D eigenvalue weighted by molar-refractivity contribution is -0.136. The van der Waals surface area contributed by atoms with Gasteiger partial charge in [-0.3, -0.25) is 9.59 Å². The highest BCUT2D eigenvalue weighted by Crippen LogP contribution is 2.31. The topological polar surface area (TPSA) is 71.3 Å². The van der Waals surface area contributed by atoms with Crippen LogP contribution < -0.4 is 0 Å². The summed E-state index contributed by atoms with van der Waals surface area (Å²) in [6.45, 7) is 6.60. The molecule has 0 bridgehead atoms. The van der Waals surface area contributed by atoms with Gasteiger partial charge in [0.2, 0.25) is 5.91 Å². The Morgan fingerprint density at radius 3 is 2.59 bits per heavy atom. The molecule has 156 valence electrons. The Labute approximate surface area is 172 Å². The Balaban J connectivity index is 1.50. The third-order valence-corrected chi connectivity index (χ3v) is 6.51. The van der Waals surface area contributed by atoms with Gasteiger partial charge in [-0.15, -0.1) is 0 Å². The molecule has 1 saturated heterocycles. The molecule has 2 amide bonds. The highest BCUT2D eigenvalue weighted by atomic mass is 16.2. The maximum atomic E-state index is 13.1. The lowest BCUT2D eigenvalue weighted by Crippen LogP contribution is -2.46. The second-order valence-electron chi connectivity index (χ2n) is 8.26. The zero-order valence-corrected chi connectivity index (χ0v) is 17.5. The Kier molecular flexibility index (Phi) is 5.83. The summed E-state index contributed by atoms with van der Waals surface area (Å²) in [5.41, 5.74) is 2.20. The predicted molar refractivity (Wildman–Crippen MR) is 112 cm³/mol. The van der Waals surface area contributed by atoms with Crippen molar-refractivity contribution in [3.05, 3.63) is 24.2 Å². The van der Waals surface area contributed by atoms with Crippen LogP contribution in [0.4, 0.5) is 0 Å². The molecule has 0 spiro atoms. The lowest BCUT2D eigenvalue weighted by atomic mass is 9.96. The average molecular weight is 398 g/mol. The van der Waals surface area contributed by atoms with Gasteiger partial charge in [0.1, 0.15) is 5.52 Å². The number of imidazole rings is 1. The molecule has 2 aromatic rings. The number of piperidine rings is 1. The first-order valence-corrected chi connectivity index (χ1v) is 11.0. The van der Waals surface area contributed by atoms with E-state index in [2.05, 4.69) is 14.5 Å². The number of hydrogen-bond acceptors (Lipinski definition) is 4. The number of carbonyl (C=O) groups is 2. The number of nitrogens with zero attached hydrogens (tertiary/aromatic N) is 5. The molecule has 2 fully saturated rings. The zero-order chi connectivity index (χ0) is 20.4. The fourth-order valence-corrected chi connectivity index (χ4v) is 4.82. The highest BCUT2D eigenvalue weighted by Gasteiger charge is 2.31. The number of fused-ring (bicyclic) bond motifs is 1. The van der Waals surface area contributed by atoms with Crippen molar-refractivity contribution in [3.63, 3.8) is 0 Å². The van der Waals surface area contributed by atoms with Crippen molar-refractivity contribution in [2.24, 2.45) is 5.92 Å². The summed E-state index contributed by atoms with van der Waals surface area (Å²) in [4.78, 5) is 38.6. The summed E-state index contributed by atoms with van der Waals surface area (Å²) >= 11 is 0. The molecule has 29 heavy (non-hydrogen) atoms. The minimum Gasteiger partial charge on any atom is -0.343 e. The maximum Gasteiger partial charge on any atom is 0.255 e. The Morgan fingerprint density at radius 1 is 1.10 bits per heavy atom. The zero-order valence-electron chi connectivity index (χ0n) is 17.5. The van der Waals surface area contributed by atoms with E-state index >= 15 is 0 Å². The SMILES string of the molecule is CCN(CC)C(=O)C1CCCN(C(=O)c2cnc3c(c2)ncn3C2CCCC2)C1. The average Bonchev–Trinajstić information content (AvgIpc) is 3.43. The first kappa shape index (κ1) is 19.9. The summed E-state index contributed by atoms with van der Waals surface area (Å²) in [7, 11) is 0. The summed E-state index contributed by atoms with van der Waals surface area (Å²) in [5, 5.41) is 0. The highest BCUT2D eigenvalue weighted by molar-refractivity contribution is 5.96. The standard InChI is InChI=1S/C22H31N5O2/c1-3-25(4-2)21(28)16-8-7-11-26(14-16)22(29)17-12-19-20(23-13-17)27(15-24-19)18-9-5-6-10-18/h12-13,15-16,18H,3-11,14H2,1-2H3.